The van der Waals surface area contributed by atoms with Gasteiger partial charge in [0.05, 0.1) is 12.7 Å². The standard InChI is InChI=1S/C17H28ClNO/c1-6-19(7-2)12-13-20-16(17(3,4)5)14-8-10-15(18)11-9-14/h8-11,16H,6-7,12-13H2,1-5H3. The summed E-state index contributed by atoms with van der Waals surface area (Å²) in [6.07, 6.45) is 0.0929. The van der Waals surface area contributed by atoms with E-state index in [1.807, 2.05) is 12.1 Å². The van der Waals surface area contributed by atoms with E-state index in [4.69, 9.17) is 16.3 Å². The fourth-order valence-electron chi connectivity index (χ4n) is 2.32. The van der Waals surface area contributed by atoms with Crippen molar-refractivity contribution in [3.05, 3.63) is 34.9 Å². The van der Waals surface area contributed by atoms with Crippen LogP contribution in [0.1, 0.15) is 46.3 Å². The number of likely N-dealkylation sites (N-methyl/N-ethyl adjacent to an activating group) is 1. The van der Waals surface area contributed by atoms with Crippen molar-refractivity contribution < 1.29 is 4.74 Å². The molecule has 1 atom stereocenters. The van der Waals surface area contributed by atoms with Gasteiger partial charge in [-0.15, -0.1) is 0 Å². The molecule has 0 fully saturated rings. The summed E-state index contributed by atoms with van der Waals surface area (Å²) in [5.74, 6) is 0. The molecule has 1 rings (SSSR count). The number of benzene rings is 1. The highest BCUT2D eigenvalue weighted by atomic mass is 35.5. The van der Waals surface area contributed by atoms with Crippen molar-refractivity contribution in [3.63, 3.8) is 0 Å². The topological polar surface area (TPSA) is 12.5 Å². The van der Waals surface area contributed by atoms with E-state index < -0.39 is 0 Å². The largest absolute Gasteiger partial charge is 0.372 e. The summed E-state index contributed by atoms with van der Waals surface area (Å²) in [6.45, 7) is 14.9. The minimum atomic E-state index is 0.0666. The maximum absolute atomic E-state index is 6.18. The Kier molecular flexibility index (Phi) is 7.01. The average molecular weight is 298 g/mol. The van der Waals surface area contributed by atoms with Crippen LogP contribution >= 0.6 is 11.6 Å². The fraction of sp³-hybridized carbons (Fsp3) is 0.647. The maximum Gasteiger partial charge on any atom is 0.0873 e. The summed E-state index contributed by atoms with van der Waals surface area (Å²) in [6, 6.07) is 8.00. The number of nitrogens with zero attached hydrogens (tertiary/aromatic N) is 1. The van der Waals surface area contributed by atoms with E-state index in [1.165, 1.54) is 5.56 Å². The summed E-state index contributed by atoms with van der Waals surface area (Å²) in [5.41, 5.74) is 1.26. The minimum Gasteiger partial charge on any atom is -0.372 e. The number of hydrogen-bond donors (Lipinski definition) is 0. The molecule has 0 saturated heterocycles. The molecular formula is C17H28ClNO. The zero-order valence-electron chi connectivity index (χ0n) is 13.4. The molecule has 0 N–H and O–H groups in total. The Bertz CT molecular complexity index is 379. The van der Waals surface area contributed by atoms with Gasteiger partial charge in [-0.05, 0) is 36.2 Å². The fourth-order valence-corrected chi connectivity index (χ4v) is 2.45. The predicted octanol–water partition coefficient (Wildman–Crippen LogP) is 4.79. The Morgan fingerprint density at radius 2 is 1.65 bits per heavy atom. The molecule has 0 heterocycles. The monoisotopic (exact) mass is 297 g/mol. The van der Waals surface area contributed by atoms with Gasteiger partial charge >= 0.3 is 0 Å². The Morgan fingerprint density at radius 3 is 2.10 bits per heavy atom. The second-order valence-corrected chi connectivity index (χ2v) is 6.63. The number of rotatable bonds is 7. The molecule has 1 aromatic carbocycles. The highest BCUT2D eigenvalue weighted by Gasteiger charge is 2.27. The van der Waals surface area contributed by atoms with Crippen LogP contribution < -0.4 is 0 Å². The van der Waals surface area contributed by atoms with Crippen LogP contribution in [0.2, 0.25) is 5.02 Å². The first-order valence-corrected chi connectivity index (χ1v) is 7.85. The third-order valence-electron chi connectivity index (χ3n) is 3.55. The Hall–Kier alpha value is -0.570. The van der Waals surface area contributed by atoms with Gasteiger partial charge in [0.25, 0.3) is 0 Å². The molecule has 0 amide bonds. The van der Waals surface area contributed by atoms with E-state index in [0.717, 1.165) is 31.3 Å². The van der Waals surface area contributed by atoms with Crippen LogP contribution in [0.15, 0.2) is 24.3 Å². The van der Waals surface area contributed by atoms with Crippen molar-refractivity contribution in [1.82, 2.24) is 4.90 Å². The summed E-state index contributed by atoms with van der Waals surface area (Å²) < 4.78 is 6.18. The van der Waals surface area contributed by atoms with E-state index in [2.05, 4.69) is 51.7 Å². The van der Waals surface area contributed by atoms with Crippen LogP contribution in [0.3, 0.4) is 0 Å². The van der Waals surface area contributed by atoms with Gasteiger partial charge in [-0.2, -0.15) is 0 Å². The highest BCUT2D eigenvalue weighted by Crippen LogP contribution is 2.36. The van der Waals surface area contributed by atoms with Gasteiger partial charge in [0, 0.05) is 11.6 Å². The van der Waals surface area contributed by atoms with Crippen molar-refractivity contribution in [3.8, 4) is 0 Å². The van der Waals surface area contributed by atoms with Gasteiger partial charge in [-0.3, -0.25) is 0 Å². The molecule has 1 unspecified atom stereocenters. The van der Waals surface area contributed by atoms with Crippen molar-refractivity contribution in [1.29, 1.82) is 0 Å². The Balaban J connectivity index is 2.69. The van der Waals surface area contributed by atoms with E-state index in [1.54, 1.807) is 0 Å². The van der Waals surface area contributed by atoms with Crippen molar-refractivity contribution in [2.24, 2.45) is 5.41 Å². The van der Waals surface area contributed by atoms with Crippen LogP contribution in [0.25, 0.3) is 0 Å². The van der Waals surface area contributed by atoms with Gasteiger partial charge in [-0.1, -0.05) is 58.4 Å². The van der Waals surface area contributed by atoms with Crippen LogP contribution in [0.4, 0.5) is 0 Å². The molecule has 0 radical (unpaired) electrons. The van der Waals surface area contributed by atoms with Crippen LogP contribution in [-0.4, -0.2) is 31.1 Å². The lowest BCUT2D eigenvalue weighted by Gasteiger charge is -2.32. The Morgan fingerprint density at radius 1 is 1.10 bits per heavy atom. The van der Waals surface area contributed by atoms with Gasteiger partial charge in [0.2, 0.25) is 0 Å². The van der Waals surface area contributed by atoms with E-state index in [0.29, 0.717) is 0 Å². The molecule has 0 aliphatic carbocycles. The summed E-state index contributed by atoms with van der Waals surface area (Å²) in [4.78, 5) is 2.38. The summed E-state index contributed by atoms with van der Waals surface area (Å²) in [5, 5.41) is 0.768. The molecule has 114 valence electrons. The average Bonchev–Trinajstić information content (AvgIpc) is 2.39. The zero-order chi connectivity index (χ0) is 15.2. The quantitative estimate of drug-likeness (QED) is 0.718. The number of hydrogen-bond acceptors (Lipinski definition) is 2. The van der Waals surface area contributed by atoms with Crippen molar-refractivity contribution in [2.45, 2.75) is 40.7 Å². The molecule has 0 aliphatic heterocycles. The predicted molar refractivity (Wildman–Crippen MR) is 87.4 cm³/mol. The lowest BCUT2D eigenvalue weighted by molar-refractivity contribution is -0.0272. The van der Waals surface area contributed by atoms with Crippen LogP contribution in [-0.2, 0) is 4.74 Å². The molecule has 3 heteroatoms. The van der Waals surface area contributed by atoms with Crippen molar-refractivity contribution >= 4 is 11.6 Å². The molecule has 0 aliphatic rings. The minimum absolute atomic E-state index is 0.0666. The zero-order valence-corrected chi connectivity index (χ0v) is 14.2. The second-order valence-electron chi connectivity index (χ2n) is 6.20. The first-order valence-electron chi connectivity index (χ1n) is 7.47. The lowest BCUT2D eigenvalue weighted by Crippen LogP contribution is -2.29. The first-order chi connectivity index (χ1) is 9.38. The smallest absolute Gasteiger partial charge is 0.0873 e. The molecule has 0 spiro atoms. The number of halogens is 1. The van der Waals surface area contributed by atoms with Crippen molar-refractivity contribution in [2.75, 3.05) is 26.2 Å². The summed E-state index contributed by atoms with van der Waals surface area (Å²) >= 11 is 5.97. The summed E-state index contributed by atoms with van der Waals surface area (Å²) in [7, 11) is 0. The molecule has 0 bridgehead atoms. The normalized spacial score (nSPS) is 13.8. The third kappa shape index (κ3) is 5.43. The van der Waals surface area contributed by atoms with Gasteiger partial charge in [-0.25, -0.2) is 0 Å². The SMILES string of the molecule is CCN(CC)CCOC(c1ccc(Cl)cc1)C(C)(C)C. The van der Waals surface area contributed by atoms with Crippen LogP contribution in [0.5, 0.6) is 0 Å². The molecule has 2 nitrogen and oxygen atoms in total. The number of ether oxygens (including phenoxy) is 1. The van der Waals surface area contributed by atoms with Gasteiger partial charge < -0.3 is 9.64 Å². The van der Waals surface area contributed by atoms with Crippen LogP contribution in [0, 0.1) is 5.41 Å². The van der Waals surface area contributed by atoms with Gasteiger partial charge in [0.15, 0.2) is 0 Å². The van der Waals surface area contributed by atoms with Gasteiger partial charge in [0.1, 0.15) is 0 Å². The Labute approximate surface area is 129 Å². The molecular weight excluding hydrogens is 270 g/mol. The molecule has 1 aromatic rings. The second kappa shape index (κ2) is 8.02. The highest BCUT2D eigenvalue weighted by molar-refractivity contribution is 6.30. The van der Waals surface area contributed by atoms with E-state index in [9.17, 15) is 0 Å². The molecule has 0 saturated carbocycles. The van der Waals surface area contributed by atoms with E-state index in [-0.39, 0.29) is 11.5 Å². The van der Waals surface area contributed by atoms with E-state index >= 15 is 0 Å². The maximum atomic E-state index is 6.18. The first kappa shape index (κ1) is 17.5. The third-order valence-corrected chi connectivity index (χ3v) is 3.80. The lowest BCUT2D eigenvalue weighted by atomic mass is 9.84. The molecule has 0 aromatic heterocycles. The molecule has 20 heavy (non-hydrogen) atoms.